The minimum Gasteiger partial charge on any atom is -0.380 e. The minimum absolute atomic E-state index is 0.0333. The Labute approximate surface area is 201 Å². The third-order valence-corrected chi connectivity index (χ3v) is 4.74. The number of hydrogen-bond donors (Lipinski definition) is 1. The van der Waals surface area contributed by atoms with Gasteiger partial charge in [0, 0.05) is 28.5 Å². The number of imidazole rings is 1. The summed E-state index contributed by atoms with van der Waals surface area (Å²) in [5, 5.41) is 3.48. The summed E-state index contributed by atoms with van der Waals surface area (Å²) in [6.45, 7) is 7.43. The van der Waals surface area contributed by atoms with Crippen molar-refractivity contribution >= 4 is 27.7 Å². The molecule has 182 valence electrons. The summed E-state index contributed by atoms with van der Waals surface area (Å²) in [6, 6.07) is 6.28. The number of amidine groups is 1. The van der Waals surface area contributed by atoms with Crippen molar-refractivity contribution in [3.05, 3.63) is 69.8 Å². The standard InChI is InChI=1S/C20H16BrF4N5O2.C2H6/c1-10(2)30-9-16(20(23,24)25)28-18(30)15-6-3-11(8-27-15)17(26)29-32-19(31)13-7-12(21)4-5-14(13)22;1-2/h3-10H,1-2H3,(H2,26,29);1-2H3. The second-order valence-corrected chi connectivity index (χ2v) is 7.78. The van der Waals surface area contributed by atoms with Crippen molar-refractivity contribution in [3.63, 3.8) is 0 Å². The van der Waals surface area contributed by atoms with Crippen molar-refractivity contribution in [2.45, 2.75) is 39.9 Å². The Hall–Kier alpha value is -3.28. The molecule has 0 aliphatic heterocycles. The number of pyridine rings is 1. The van der Waals surface area contributed by atoms with Gasteiger partial charge < -0.3 is 15.1 Å². The number of nitrogens with two attached hydrogens (primary N) is 1. The zero-order valence-electron chi connectivity index (χ0n) is 18.7. The highest BCUT2D eigenvalue weighted by molar-refractivity contribution is 9.10. The molecule has 0 bridgehead atoms. The van der Waals surface area contributed by atoms with Crippen molar-refractivity contribution < 1.29 is 27.2 Å². The van der Waals surface area contributed by atoms with Crippen molar-refractivity contribution in [2.24, 2.45) is 10.9 Å². The van der Waals surface area contributed by atoms with Crippen LogP contribution in [0.1, 0.15) is 55.4 Å². The summed E-state index contributed by atoms with van der Waals surface area (Å²) < 4.78 is 54.7. The number of alkyl halides is 3. The molecule has 3 aromatic rings. The molecule has 0 atom stereocenters. The summed E-state index contributed by atoms with van der Waals surface area (Å²) >= 11 is 3.12. The maximum Gasteiger partial charge on any atom is 0.434 e. The van der Waals surface area contributed by atoms with Crippen molar-refractivity contribution in [1.82, 2.24) is 14.5 Å². The molecule has 0 spiro atoms. The zero-order chi connectivity index (χ0) is 25.6. The van der Waals surface area contributed by atoms with E-state index < -0.39 is 23.7 Å². The van der Waals surface area contributed by atoms with E-state index in [1.54, 1.807) is 13.8 Å². The lowest BCUT2D eigenvalue weighted by Gasteiger charge is -2.11. The molecule has 0 saturated heterocycles. The zero-order valence-corrected chi connectivity index (χ0v) is 20.3. The third-order valence-electron chi connectivity index (χ3n) is 4.24. The molecular weight excluding hydrogens is 522 g/mol. The number of carbonyl (C=O) groups is 1. The fraction of sp³-hybridized carbons (Fsp3) is 0.273. The Bertz CT molecular complexity index is 1180. The average Bonchev–Trinajstić information content (AvgIpc) is 3.27. The largest absolute Gasteiger partial charge is 0.434 e. The second-order valence-electron chi connectivity index (χ2n) is 6.86. The number of nitrogens with zero attached hydrogens (tertiary/aromatic N) is 4. The topological polar surface area (TPSA) is 95.4 Å². The highest BCUT2D eigenvalue weighted by Gasteiger charge is 2.35. The summed E-state index contributed by atoms with van der Waals surface area (Å²) in [6.07, 6.45) is -2.43. The Morgan fingerprint density at radius 2 is 1.88 bits per heavy atom. The molecule has 0 unspecified atom stereocenters. The molecular formula is C22H22BrF4N5O2. The molecule has 2 heterocycles. The molecule has 12 heteroatoms. The van der Waals surface area contributed by atoms with Crippen LogP contribution in [-0.4, -0.2) is 26.3 Å². The molecule has 3 rings (SSSR count). The first-order valence-corrected chi connectivity index (χ1v) is 10.9. The van der Waals surface area contributed by atoms with Crippen LogP contribution in [-0.2, 0) is 11.0 Å². The molecule has 0 aliphatic carbocycles. The quantitative estimate of drug-likeness (QED) is 0.141. The normalized spacial score (nSPS) is 11.8. The monoisotopic (exact) mass is 543 g/mol. The van der Waals surface area contributed by atoms with Gasteiger partial charge in [-0.05, 0) is 44.2 Å². The van der Waals surface area contributed by atoms with Gasteiger partial charge in [0.15, 0.2) is 17.4 Å². The van der Waals surface area contributed by atoms with E-state index in [1.165, 1.54) is 35.0 Å². The van der Waals surface area contributed by atoms with Crippen LogP contribution in [0.2, 0.25) is 0 Å². The minimum atomic E-state index is -4.59. The van der Waals surface area contributed by atoms with E-state index in [0.29, 0.717) is 4.47 Å². The van der Waals surface area contributed by atoms with Gasteiger partial charge in [-0.3, -0.25) is 4.98 Å². The number of halogens is 5. The number of benzene rings is 1. The van der Waals surface area contributed by atoms with Crippen molar-refractivity contribution in [3.8, 4) is 11.5 Å². The molecule has 1 aromatic carbocycles. The first-order valence-electron chi connectivity index (χ1n) is 10.1. The van der Waals surface area contributed by atoms with Crippen molar-refractivity contribution in [2.75, 3.05) is 0 Å². The van der Waals surface area contributed by atoms with Crippen LogP contribution in [0.15, 0.2) is 52.4 Å². The highest BCUT2D eigenvalue weighted by atomic mass is 79.9. The van der Waals surface area contributed by atoms with Crippen LogP contribution in [0, 0.1) is 5.82 Å². The van der Waals surface area contributed by atoms with E-state index in [4.69, 9.17) is 5.73 Å². The van der Waals surface area contributed by atoms with Gasteiger partial charge in [0.25, 0.3) is 0 Å². The summed E-state index contributed by atoms with van der Waals surface area (Å²) in [5.74, 6) is -2.06. The fourth-order valence-corrected chi connectivity index (χ4v) is 3.00. The Kier molecular flexibility index (Phi) is 8.91. The van der Waals surface area contributed by atoms with Crippen LogP contribution >= 0.6 is 15.9 Å². The van der Waals surface area contributed by atoms with Crippen LogP contribution in [0.3, 0.4) is 0 Å². The van der Waals surface area contributed by atoms with E-state index in [0.717, 1.165) is 12.3 Å². The van der Waals surface area contributed by atoms with Crippen LogP contribution in [0.25, 0.3) is 11.5 Å². The van der Waals surface area contributed by atoms with E-state index in [2.05, 4.69) is 35.9 Å². The van der Waals surface area contributed by atoms with Crippen LogP contribution in [0.4, 0.5) is 17.6 Å². The highest BCUT2D eigenvalue weighted by Crippen LogP contribution is 2.32. The molecule has 2 aromatic heterocycles. The van der Waals surface area contributed by atoms with Crippen LogP contribution < -0.4 is 5.73 Å². The van der Waals surface area contributed by atoms with Gasteiger partial charge in [-0.2, -0.15) is 13.2 Å². The SMILES string of the molecule is CC.CC(C)n1cc(C(F)(F)F)nc1-c1ccc(/C(N)=N/OC(=O)c2cc(Br)ccc2F)cn1. The van der Waals surface area contributed by atoms with Crippen molar-refractivity contribution in [1.29, 1.82) is 0 Å². The van der Waals surface area contributed by atoms with Gasteiger partial charge >= 0.3 is 12.1 Å². The Balaban J connectivity index is 0.00000199. The van der Waals surface area contributed by atoms with Gasteiger partial charge in [-0.25, -0.2) is 14.2 Å². The molecule has 0 aliphatic rings. The van der Waals surface area contributed by atoms with E-state index in [-0.39, 0.29) is 34.5 Å². The smallest absolute Gasteiger partial charge is 0.380 e. The number of hydrogen-bond acceptors (Lipinski definition) is 5. The lowest BCUT2D eigenvalue weighted by molar-refractivity contribution is -0.140. The van der Waals surface area contributed by atoms with Gasteiger partial charge in [-0.15, -0.1) is 0 Å². The molecule has 0 amide bonds. The number of carbonyl (C=O) groups excluding carboxylic acids is 1. The second kappa shape index (κ2) is 11.2. The van der Waals surface area contributed by atoms with Gasteiger partial charge in [0.1, 0.15) is 11.5 Å². The molecule has 0 fully saturated rings. The molecule has 0 saturated carbocycles. The summed E-state index contributed by atoms with van der Waals surface area (Å²) in [7, 11) is 0. The van der Waals surface area contributed by atoms with Gasteiger partial charge in [0.05, 0.1) is 5.56 Å². The van der Waals surface area contributed by atoms with Crippen LogP contribution in [0.5, 0.6) is 0 Å². The predicted octanol–water partition coefficient (Wildman–Crippen LogP) is 5.95. The number of aromatic nitrogens is 3. The fourth-order valence-electron chi connectivity index (χ4n) is 2.64. The van der Waals surface area contributed by atoms with E-state index >= 15 is 0 Å². The predicted molar refractivity (Wildman–Crippen MR) is 122 cm³/mol. The maximum atomic E-state index is 13.7. The lowest BCUT2D eigenvalue weighted by atomic mass is 10.2. The summed E-state index contributed by atoms with van der Waals surface area (Å²) in [4.78, 5) is 24.5. The number of rotatable bonds is 5. The Morgan fingerprint density at radius 3 is 2.44 bits per heavy atom. The average molecular weight is 544 g/mol. The first kappa shape index (κ1) is 27.0. The molecule has 0 radical (unpaired) electrons. The summed E-state index contributed by atoms with van der Waals surface area (Å²) in [5.41, 5.74) is 4.82. The van der Waals surface area contributed by atoms with E-state index in [1.807, 2.05) is 13.8 Å². The van der Waals surface area contributed by atoms with E-state index in [9.17, 15) is 22.4 Å². The number of oxime groups is 1. The Morgan fingerprint density at radius 1 is 1.21 bits per heavy atom. The molecule has 34 heavy (non-hydrogen) atoms. The maximum absolute atomic E-state index is 13.7. The first-order chi connectivity index (χ1) is 16.0. The van der Waals surface area contributed by atoms with Gasteiger partial charge in [0.2, 0.25) is 0 Å². The van der Waals surface area contributed by atoms with Gasteiger partial charge in [-0.1, -0.05) is 34.9 Å². The molecule has 7 nitrogen and oxygen atoms in total. The molecule has 2 N–H and O–H groups in total. The lowest BCUT2D eigenvalue weighted by Crippen LogP contribution is -2.16. The third kappa shape index (κ3) is 6.40.